The van der Waals surface area contributed by atoms with Gasteiger partial charge in [-0.05, 0) is 13.3 Å². The molecule has 0 aromatic heterocycles. The second kappa shape index (κ2) is 5.80. The summed E-state index contributed by atoms with van der Waals surface area (Å²) in [4.78, 5) is 16.0. The Morgan fingerprint density at radius 3 is 2.71 bits per heavy atom. The molecule has 17 heavy (non-hydrogen) atoms. The molecule has 5 nitrogen and oxygen atoms in total. The zero-order chi connectivity index (χ0) is 12.3. The van der Waals surface area contributed by atoms with E-state index in [4.69, 9.17) is 4.74 Å². The molecule has 0 bridgehead atoms. The summed E-state index contributed by atoms with van der Waals surface area (Å²) in [6, 6.07) is 0.379. The lowest BCUT2D eigenvalue weighted by Crippen LogP contribution is -2.49. The van der Waals surface area contributed by atoms with Gasteiger partial charge in [-0.25, -0.2) is 0 Å². The van der Waals surface area contributed by atoms with Crippen molar-refractivity contribution in [1.82, 2.24) is 15.1 Å². The second-order valence-electron chi connectivity index (χ2n) is 5.08. The Morgan fingerprint density at radius 1 is 1.41 bits per heavy atom. The van der Waals surface area contributed by atoms with E-state index < -0.39 is 0 Å². The maximum Gasteiger partial charge on any atom is 0.239 e. The molecule has 0 spiro atoms. The number of nitrogens with zero attached hydrogens (tertiary/aromatic N) is 2. The quantitative estimate of drug-likeness (QED) is 0.722. The van der Waals surface area contributed by atoms with Gasteiger partial charge in [0.2, 0.25) is 5.91 Å². The molecule has 0 saturated carbocycles. The number of hydrogen-bond donors (Lipinski definition) is 1. The van der Waals surface area contributed by atoms with Crippen LogP contribution in [0.3, 0.4) is 0 Å². The summed E-state index contributed by atoms with van der Waals surface area (Å²) < 4.78 is 5.32. The Kier molecular flexibility index (Phi) is 4.36. The highest BCUT2D eigenvalue weighted by Gasteiger charge is 2.30. The lowest BCUT2D eigenvalue weighted by molar-refractivity contribution is -0.128. The van der Waals surface area contributed by atoms with Gasteiger partial charge in [0, 0.05) is 39.3 Å². The van der Waals surface area contributed by atoms with E-state index in [1.54, 1.807) is 4.90 Å². The van der Waals surface area contributed by atoms with Crippen LogP contribution in [0.4, 0.5) is 0 Å². The largest absolute Gasteiger partial charge is 0.379 e. The molecule has 2 saturated heterocycles. The SMILES string of the molecule is CC(CN1CCOCC1)NC1CCN(C)C1=O. The predicted molar refractivity (Wildman–Crippen MR) is 65.9 cm³/mol. The van der Waals surface area contributed by atoms with Crippen LogP contribution in [-0.2, 0) is 9.53 Å². The van der Waals surface area contributed by atoms with Crippen LogP contribution >= 0.6 is 0 Å². The van der Waals surface area contributed by atoms with Crippen LogP contribution in [0.25, 0.3) is 0 Å². The van der Waals surface area contributed by atoms with Crippen molar-refractivity contribution in [2.45, 2.75) is 25.4 Å². The van der Waals surface area contributed by atoms with E-state index in [-0.39, 0.29) is 11.9 Å². The number of likely N-dealkylation sites (tertiary alicyclic amines) is 1. The Hall–Kier alpha value is -0.650. The van der Waals surface area contributed by atoms with Gasteiger partial charge in [-0.15, -0.1) is 0 Å². The molecular formula is C12H23N3O2. The molecule has 2 heterocycles. The number of rotatable bonds is 4. The van der Waals surface area contributed by atoms with Gasteiger partial charge in [-0.1, -0.05) is 0 Å². The van der Waals surface area contributed by atoms with Crippen LogP contribution in [0, 0.1) is 0 Å². The van der Waals surface area contributed by atoms with Crippen LogP contribution in [0.5, 0.6) is 0 Å². The van der Waals surface area contributed by atoms with Crippen LogP contribution in [0.15, 0.2) is 0 Å². The lowest BCUT2D eigenvalue weighted by Gasteiger charge is -2.30. The maximum absolute atomic E-state index is 11.8. The first kappa shape index (κ1) is 12.8. The molecule has 2 aliphatic rings. The first-order chi connectivity index (χ1) is 8.16. The summed E-state index contributed by atoms with van der Waals surface area (Å²) in [5.74, 6) is 0.235. The highest BCUT2D eigenvalue weighted by Crippen LogP contribution is 2.09. The Labute approximate surface area is 103 Å². The third-order valence-corrected chi connectivity index (χ3v) is 3.55. The van der Waals surface area contributed by atoms with Crippen LogP contribution in [0.1, 0.15) is 13.3 Å². The van der Waals surface area contributed by atoms with E-state index in [1.807, 2.05) is 7.05 Å². The van der Waals surface area contributed by atoms with Gasteiger partial charge in [-0.2, -0.15) is 0 Å². The first-order valence-electron chi connectivity index (χ1n) is 6.48. The number of morpholine rings is 1. The van der Waals surface area contributed by atoms with Crippen LogP contribution < -0.4 is 5.32 Å². The second-order valence-corrected chi connectivity index (χ2v) is 5.08. The summed E-state index contributed by atoms with van der Waals surface area (Å²) in [5.41, 5.74) is 0. The number of likely N-dealkylation sites (N-methyl/N-ethyl adjacent to an activating group) is 1. The fourth-order valence-electron chi connectivity index (χ4n) is 2.54. The van der Waals surface area contributed by atoms with Crippen molar-refractivity contribution < 1.29 is 9.53 Å². The third-order valence-electron chi connectivity index (χ3n) is 3.55. The summed E-state index contributed by atoms with van der Waals surface area (Å²) >= 11 is 0. The molecule has 2 fully saturated rings. The smallest absolute Gasteiger partial charge is 0.239 e. The zero-order valence-corrected chi connectivity index (χ0v) is 10.8. The molecule has 98 valence electrons. The number of amides is 1. The monoisotopic (exact) mass is 241 g/mol. The average molecular weight is 241 g/mol. The first-order valence-corrected chi connectivity index (χ1v) is 6.48. The maximum atomic E-state index is 11.8. The normalized spacial score (nSPS) is 28.7. The molecule has 5 heteroatoms. The van der Waals surface area contributed by atoms with Gasteiger partial charge in [-0.3, -0.25) is 9.69 Å². The Morgan fingerprint density at radius 2 is 2.12 bits per heavy atom. The number of carbonyl (C=O) groups is 1. The van der Waals surface area contributed by atoms with Crippen molar-refractivity contribution in [2.75, 3.05) is 46.4 Å². The zero-order valence-electron chi connectivity index (χ0n) is 10.8. The molecule has 2 rings (SSSR count). The van der Waals surface area contributed by atoms with Gasteiger partial charge in [0.25, 0.3) is 0 Å². The summed E-state index contributed by atoms with van der Waals surface area (Å²) in [6.07, 6.45) is 0.933. The van der Waals surface area contributed by atoms with E-state index in [2.05, 4.69) is 17.1 Å². The Bertz CT molecular complexity index is 266. The summed E-state index contributed by atoms with van der Waals surface area (Å²) in [5, 5.41) is 3.43. The molecule has 2 unspecified atom stereocenters. The number of carbonyl (C=O) groups excluding carboxylic acids is 1. The minimum absolute atomic E-state index is 0.0241. The molecule has 0 aromatic rings. The number of ether oxygens (including phenoxy) is 1. The highest BCUT2D eigenvalue weighted by atomic mass is 16.5. The molecule has 2 atom stereocenters. The minimum Gasteiger partial charge on any atom is -0.379 e. The molecule has 1 amide bonds. The standard InChI is InChI=1S/C12H23N3O2/c1-10(9-15-5-7-17-8-6-15)13-11-3-4-14(2)12(11)16/h10-11,13H,3-9H2,1-2H3. The Balaban J connectivity index is 1.73. The lowest BCUT2D eigenvalue weighted by atomic mass is 10.2. The van der Waals surface area contributed by atoms with E-state index >= 15 is 0 Å². The van der Waals surface area contributed by atoms with Gasteiger partial charge >= 0.3 is 0 Å². The van der Waals surface area contributed by atoms with Crippen molar-refractivity contribution >= 4 is 5.91 Å². The van der Waals surface area contributed by atoms with Crippen LogP contribution in [-0.4, -0.2) is 74.2 Å². The van der Waals surface area contributed by atoms with Crippen molar-refractivity contribution in [1.29, 1.82) is 0 Å². The minimum atomic E-state index is 0.0241. The van der Waals surface area contributed by atoms with Crippen molar-refractivity contribution in [3.63, 3.8) is 0 Å². The summed E-state index contributed by atoms with van der Waals surface area (Å²) in [6.45, 7) is 7.70. The van der Waals surface area contributed by atoms with E-state index in [1.165, 1.54) is 0 Å². The van der Waals surface area contributed by atoms with Crippen molar-refractivity contribution in [2.24, 2.45) is 0 Å². The van der Waals surface area contributed by atoms with E-state index in [0.29, 0.717) is 6.04 Å². The predicted octanol–water partition coefficient (Wildman–Crippen LogP) is -0.473. The average Bonchev–Trinajstić information content (AvgIpc) is 2.62. The summed E-state index contributed by atoms with van der Waals surface area (Å²) in [7, 11) is 1.87. The molecule has 0 aromatic carbocycles. The molecule has 0 radical (unpaired) electrons. The molecule has 0 aliphatic carbocycles. The van der Waals surface area contributed by atoms with E-state index in [9.17, 15) is 4.79 Å². The highest BCUT2D eigenvalue weighted by molar-refractivity contribution is 5.83. The topological polar surface area (TPSA) is 44.8 Å². The van der Waals surface area contributed by atoms with E-state index in [0.717, 1.165) is 45.8 Å². The van der Waals surface area contributed by atoms with Gasteiger partial charge in [0.05, 0.1) is 19.3 Å². The molecule has 1 N–H and O–H groups in total. The van der Waals surface area contributed by atoms with Gasteiger partial charge < -0.3 is 15.0 Å². The van der Waals surface area contributed by atoms with Gasteiger partial charge in [0.1, 0.15) is 0 Å². The number of hydrogen-bond acceptors (Lipinski definition) is 4. The number of nitrogens with one attached hydrogen (secondary N) is 1. The third kappa shape index (κ3) is 3.40. The fraction of sp³-hybridized carbons (Fsp3) is 0.917. The molecular weight excluding hydrogens is 218 g/mol. The van der Waals surface area contributed by atoms with Crippen molar-refractivity contribution in [3.8, 4) is 0 Å². The molecule has 2 aliphatic heterocycles. The van der Waals surface area contributed by atoms with Crippen LogP contribution in [0.2, 0.25) is 0 Å². The van der Waals surface area contributed by atoms with Crippen molar-refractivity contribution in [3.05, 3.63) is 0 Å². The fourth-order valence-corrected chi connectivity index (χ4v) is 2.54. The van der Waals surface area contributed by atoms with Gasteiger partial charge in [0.15, 0.2) is 0 Å².